The molecule has 2 aliphatic carbocycles. The minimum absolute atomic E-state index is 0.0865. The number of hydrogen-bond acceptors (Lipinski definition) is 7. The molecule has 6 unspecified atom stereocenters. The molecule has 3 N–H and O–H groups in total. The molecule has 0 spiro atoms. The van der Waals surface area contributed by atoms with Gasteiger partial charge in [-0.15, -0.1) is 0 Å². The molecule has 4 aliphatic rings. The third-order valence-electron chi connectivity index (χ3n) is 9.67. The van der Waals surface area contributed by atoms with E-state index in [2.05, 4.69) is 5.43 Å². The average molecular weight is 598 g/mol. The van der Waals surface area contributed by atoms with Crippen molar-refractivity contribution >= 4 is 40.9 Å². The molecule has 218 valence electrons. The van der Waals surface area contributed by atoms with Crippen molar-refractivity contribution in [2.45, 2.75) is 31.1 Å². The lowest BCUT2D eigenvalue weighted by atomic mass is 9.49. The van der Waals surface area contributed by atoms with Crippen molar-refractivity contribution in [2.24, 2.45) is 23.7 Å². The molecule has 0 radical (unpaired) electrons. The normalized spacial score (nSPS) is 29.7. The molecular weight excluding hydrogens is 570 g/mol. The second-order valence-corrected chi connectivity index (χ2v) is 12.2. The second-order valence-electron chi connectivity index (χ2n) is 11.8. The van der Waals surface area contributed by atoms with Crippen LogP contribution in [0.4, 0.5) is 5.69 Å². The van der Waals surface area contributed by atoms with Crippen molar-refractivity contribution in [3.63, 3.8) is 0 Å². The summed E-state index contributed by atoms with van der Waals surface area (Å²) < 4.78 is 0. The van der Waals surface area contributed by atoms with Crippen molar-refractivity contribution in [3.8, 4) is 5.75 Å². The Balaban J connectivity index is 1.48. The summed E-state index contributed by atoms with van der Waals surface area (Å²) >= 11 is 6.47. The molecule has 1 saturated carbocycles. The van der Waals surface area contributed by atoms with E-state index in [0.717, 1.165) is 10.6 Å². The van der Waals surface area contributed by atoms with Crippen molar-refractivity contribution < 1.29 is 29.5 Å². The zero-order valence-corrected chi connectivity index (χ0v) is 23.9. The Hall–Kier alpha value is -4.47. The fourth-order valence-electron chi connectivity index (χ4n) is 7.83. The lowest BCUT2D eigenvalue weighted by Crippen LogP contribution is -2.53. The van der Waals surface area contributed by atoms with Crippen LogP contribution in [0.1, 0.15) is 35.4 Å². The summed E-state index contributed by atoms with van der Waals surface area (Å²) in [7, 11) is 0. The van der Waals surface area contributed by atoms with Gasteiger partial charge in [-0.1, -0.05) is 71.3 Å². The number of imide groups is 2. The van der Waals surface area contributed by atoms with Crippen LogP contribution in [0.15, 0.2) is 84.4 Å². The average Bonchev–Trinajstić information content (AvgIpc) is 3.36. The number of aryl methyl sites for hydroxylation is 1. The fraction of sp³-hybridized carbons (Fsp3) is 0.273. The van der Waals surface area contributed by atoms with Crippen LogP contribution in [-0.4, -0.2) is 44.0 Å². The molecular formula is C33H28ClN3O6. The maximum Gasteiger partial charge on any atom is 0.260 e. The van der Waals surface area contributed by atoms with Gasteiger partial charge in [0.15, 0.2) is 0 Å². The summed E-state index contributed by atoms with van der Waals surface area (Å²) in [6.07, 6.45) is 2.10. The Kier molecular flexibility index (Phi) is 6.23. The predicted octanol–water partition coefficient (Wildman–Crippen LogP) is 4.73. The van der Waals surface area contributed by atoms with E-state index < -0.39 is 58.6 Å². The molecule has 2 heterocycles. The number of hydrazine groups is 1. The summed E-state index contributed by atoms with van der Waals surface area (Å²) in [5, 5.41) is 23.1. The topological polar surface area (TPSA) is 127 Å². The number of hydrogen-bond donors (Lipinski definition) is 3. The van der Waals surface area contributed by atoms with E-state index in [4.69, 9.17) is 11.6 Å². The predicted molar refractivity (Wildman–Crippen MR) is 156 cm³/mol. The molecule has 7 rings (SSSR count). The summed E-state index contributed by atoms with van der Waals surface area (Å²) in [4.78, 5) is 55.4. The number of amides is 4. The number of nitrogens with one attached hydrogen (secondary N) is 1. The minimum atomic E-state index is -1.52. The van der Waals surface area contributed by atoms with Crippen LogP contribution in [-0.2, 0) is 24.6 Å². The van der Waals surface area contributed by atoms with Crippen molar-refractivity contribution in [1.82, 2.24) is 10.1 Å². The number of hydroxylamine groups is 2. The van der Waals surface area contributed by atoms with Gasteiger partial charge >= 0.3 is 0 Å². The van der Waals surface area contributed by atoms with Crippen LogP contribution >= 0.6 is 11.6 Å². The van der Waals surface area contributed by atoms with Gasteiger partial charge in [0.25, 0.3) is 23.6 Å². The number of nitrogens with zero attached hydrogens (tertiary/aromatic N) is 2. The van der Waals surface area contributed by atoms with E-state index in [1.165, 1.54) is 12.1 Å². The molecule has 3 aromatic rings. The van der Waals surface area contributed by atoms with E-state index in [1.807, 2.05) is 31.2 Å². The summed E-state index contributed by atoms with van der Waals surface area (Å²) in [5.74, 6) is -6.71. The van der Waals surface area contributed by atoms with Crippen molar-refractivity contribution in [3.05, 3.63) is 106 Å². The Morgan fingerprint density at radius 1 is 0.907 bits per heavy atom. The van der Waals surface area contributed by atoms with Gasteiger partial charge in [-0.05, 0) is 61.6 Å². The van der Waals surface area contributed by atoms with E-state index in [9.17, 15) is 29.5 Å². The number of phenolic OH excluding ortho intramolecular Hbond substituents is 1. The van der Waals surface area contributed by atoms with Gasteiger partial charge < -0.3 is 5.11 Å². The van der Waals surface area contributed by atoms with Crippen LogP contribution in [0, 0.1) is 30.6 Å². The number of phenols is 1. The van der Waals surface area contributed by atoms with Crippen LogP contribution in [0.3, 0.4) is 0 Å². The van der Waals surface area contributed by atoms with Crippen LogP contribution in [0.2, 0.25) is 5.02 Å². The summed E-state index contributed by atoms with van der Waals surface area (Å²) in [6, 6.07) is 20.9. The number of rotatable bonds is 4. The van der Waals surface area contributed by atoms with Gasteiger partial charge in [0, 0.05) is 16.5 Å². The zero-order valence-electron chi connectivity index (χ0n) is 23.1. The quantitative estimate of drug-likeness (QED) is 0.225. The number of anilines is 1. The number of carbonyl (C=O) groups is 4. The van der Waals surface area contributed by atoms with E-state index >= 15 is 0 Å². The highest BCUT2D eigenvalue weighted by Gasteiger charge is 2.70. The first-order valence-electron chi connectivity index (χ1n) is 14.2. The maximum absolute atomic E-state index is 14.9. The highest BCUT2D eigenvalue weighted by molar-refractivity contribution is 6.30. The molecule has 4 amide bonds. The van der Waals surface area contributed by atoms with Crippen molar-refractivity contribution in [2.75, 3.05) is 5.43 Å². The number of carbonyl (C=O) groups excluding carboxylic acids is 4. The molecule has 0 aromatic heterocycles. The maximum atomic E-state index is 14.9. The Labute approximate surface area is 252 Å². The van der Waals surface area contributed by atoms with Gasteiger partial charge in [-0.25, -0.2) is 0 Å². The summed E-state index contributed by atoms with van der Waals surface area (Å²) in [5.41, 5.74) is 4.64. The zero-order chi connectivity index (χ0) is 30.2. The van der Waals surface area contributed by atoms with E-state index in [1.54, 1.807) is 42.5 Å². The van der Waals surface area contributed by atoms with Crippen LogP contribution < -0.4 is 5.43 Å². The number of fused-ring (bicyclic) bond motifs is 4. The molecule has 6 atom stereocenters. The minimum Gasteiger partial charge on any atom is -0.508 e. The number of halogens is 1. The smallest absolute Gasteiger partial charge is 0.260 e. The van der Waals surface area contributed by atoms with Crippen LogP contribution in [0.5, 0.6) is 5.75 Å². The van der Waals surface area contributed by atoms with Crippen molar-refractivity contribution in [1.29, 1.82) is 0 Å². The van der Waals surface area contributed by atoms with Gasteiger partial charge in [0.05, 0.1) is 28.9 Å². The van der Waals surface area contributed by atoms with E-state index in [-0.39, 0.29) is 23.7 Å². The molecule has 2 aliphatic heterocycles. The largest absolute Gasteiger partial charge is 0.508 e. The third-order valence-corrected chi connectivity index (χ3v) is 9.91. The van der Waals surface area contributed by atoms with Gasteiger partial charge in [-0.2, -0.15) is 10.1 Å². The molecule has 9 nitrogen and oxygen atoms in total. The highest BCUT2D eigenvalue weighted by atomic mass is 35.5. The lowest BCUT2D eigenvalue weighted by Gasteiger charge is -2.50. The first kappa shape index (κ1) is 27.4. The van der Waals surface area contributed by atoms with E-state index in [0.29, 0.717) is 27.4 Å². The third kappa shape index (κ3) is 3.81. The monoisotopic (exact) mass is 597 g/mol. The standard InChI is InChI=1S/C33H28ClN3O6/c1-17-7-10-20(11-8-17)35-36-30(40)25-16-23-21(12-13-22-27(23)31(41)37(43)29(22)39)28(24-15-19(34)9-14-26(24)38)33(25,32(36)42)18-5-3-2-4-6-18/h2-12,14-15,22-23,25,27-28,35,38,43H,13,16H2,1H3. The Morgan fingerprint density at radius 2 is 1.63 bits per heavy atom. The second kappa shape index (κ2) is 9.79. The summed E-state index contributed by atoms with van der Waals surface area (Å²) in [6.45, 7) is 1.93. The SMILES string of the molecule is Cc1ccc(NN2C(=O)C3CC4C(=CCC5C(=O)N(O)C(=O)C54)C(c4cc(Cl)ccc4O)C3(c3ccccc3)C2=O)cc1. The van der Waals surface area contributed by atoms with Crippen LogP contribution in [0.25, 0.3) is 0 Å². The molecule has 3 aromatic carbocycles. The molecule has 43 heavy (non-hydrogen) atoms. The molecule has 0 bridgehead atoms. The number of allylic oxidation sites excluding steroid dienone is 2. The highest BCUT2D eigenvalue weighted by Crippen LogP contribution is 2.64. The van der Waals surface area contributed by atoms with Gasteiger partial charge in [0.1, 0.15) is 5.75 Å². The number of aromatic hydroxyl groups is 1. The van der Waals surface area contributed by atoms with Gasteiger partial charge in [0.2, 0.25) is 0 Å². The Bertz CT molecular complexity index is 1720. The lowest BCUT2D eigenvalue weighted by molar-refractivity contribution is -0.173. The molecule has 2 saturated heterocycles. The number of benzene rings is 3. The first-order valence-corrected chi connectivity index (χ1v) is 14.5. The molecule has 3 fully saturated rings. The first-order chi connectivity index (χ1) is 20.6. The Morgan fingerprint density at radius 3 is 2.35 bits per heavy atom. The fourth-order valence-corrected chi connectivity index (χ4v) is 8.01. The molecule has 10 heteroatoms. The van der Waals surface area contributed by atoms with Gasteiger partial charge in [-0.3, -0.25) is 29.8 Å².